The van der Waals surface area contributed by atoms with Crippen molar-refractivity contribution in [2.24, 2.45) is 0 Å². The summed E-state index contributed by atoms with van der Waals surface area (Å²) in [7, 11) is 0. The second kappa shape index (κ2) is 13.4. The van der Waals surface area contributed by atoms with E-state index in [0.29, 0.717) is 26.4 Å². The number of carbonyl (C=O) groups excluding carboxylic acids is 3. The molecule has 10 nitrogen and oxygen atoms in total. The largest absolute Gasteiger partial charge is 0.455 e. The van der Waals surface area contributed by atoms with E-state index in [1.54, 1.807) is 20.8 Å². The lowest BCUT2D eigenvalue weighted by Gasteiger charge is -2.38. The Balaban J connectivity index is 2.42. The van der Waals surface area contributed by atoms with Crippen molar-refractivity contribution in [3.63, 3.8) is 0 Å². The summed E-state index contributed by atoms with van der Waals surface area (Å²) in [5.41, 5.74) is -1.23. The molecule has 0 radical (unpaired) electrons. The van der Waals surface area contributed by atoms with Gasteiger partial charge in [-0.2, -0.15) is 0 Å². The maximum absolute atomic E-state index is 12.1. The minimum Gasteiger partial charge on any atom is -0.455 e. The van der Waals surface area contributed by atoms with E-state index in [9.17, 15) is 14.4 Å². The molecule has 1 atom stereocenters. The summed E-state index contributed by atoms with van der Waals surface area (Å²) in [6.07, 6.45) is 1.37. The van der Waals surface area contributed by atoms with Crippen molar-refractivity contribution in [2.75, 3.05) is 52.9 Å². The van der Waals surface area contributed by atoms with Crippen LogP contribution in [-0.2, 0) is 38.1 Å². The summed E-state index contributed by atoms with van der Waals surface area (Å²) in [4.78, 5) is 36.8. The van der Waals surface area contributed by atoms with Crippen LogP contribution in [0.15, 0.2) is 12.2 Å². The number of aliphatic hydroxyl groups excluding tert-OH is 1. The van der Waals surface area contributed by atoms with Gasteiger partial charge in [-0.05, 0) is 13.8 Å². The van der Waals surface area contributed by atoms with E-state index in [-0.39, 0.29) is 32.8 Å². The van der Waals surface area contributed by atoms with Gasteiger partial charge in [0.15, 0.2) is 11.8 Å². The number of ether oxygens (including phenoxy) is 5. The van der Waals surface area contributed by atoms with Crippen LogP contribution in [-0.4, -0.2) is 92.5 Å². The molecule has 1 N–H and O–H groups in total. The molecular weight excluding hydrogens is 386 g/mol. The zero-order valence-electron chi connectivity index (χ0n) is 17.3. The molecule has 0 aromatic carbocycles. The number of hydrogen-bond acceptors (Lipinski definition) is 9. The van der Waals surface area contributed by atoms with Crippen LogP contribution in [0.2, 0.25) is 0 Å². The molecule has 0 spiro atoms. The van der Waals surface area contributed by atoms with Gasteiger partial charge in [0.1, 0.15) is 0 Å². The van der Waals surface area contributed by atoms with Gasteiger partial charge in [0, 0.05) is 18.6 Å². The fraction of sp³-hybridized carbons (Fsp3) is 0.737. The van der Waals surface area contributed by atoms with Crippen molar-refractivity contribution >= 4 is 17.8 Å². The van der Waals surface area contributed by atoms with Gasteiger partial charge in [-0.3, -0.25) is 14.4 Å². The third-order valence-electron chi connectivity index (χ3n) is 3.82. The number of amides is 2. The molecule has 0 fully saturated rings. The van der Waals surface area contributed by atoms with E-state index in [1.165, 1.54) is 0 Å². The average molecular weight is 417 g/mol. The van der Waals surface area contributed by atoms with E-state index >= 15 is 0 Å². The molecule has 1 unspecified atom stereocenters. The van der Waals surface area contributed by atoms with E-state index in [1.807, 2.05) is 0 Å². The van der Waals surface area contributed by atoms with Crippen molar-refractivity contribution in [1.29, 1.82) is 0 Å². The van der Waals surface area contributed by atoms with E-state index < -0.39 is 29.6 Å². The maximum atomic E-state index is 12.1. The normalized spacial score (nSPS) is 15.2. The maximum Gasteiger partial charge on any atom is 0.306 e. The molecule has 1 heterocycles. The first-order valence-electron chi connectivity index (χ1n) is 9.56. The molecule has 1 aliphatic rings. The topological polar surface area (TPSA) is 121 Å². The molecule has 166 valence electrons. The summed E-state index contributed by atoms with van der Waals surface area (Å²) < 4.78 is 26.8. The van der Waals surface area contributed by atoms with Crippen molar-refractivity contribution in [3.8, 4) is 0 Å². The van der Waals surface area contributed by atoms with E-state index in [4.69, 9.17) is 28.8 Å². The highest BCUT2D eigenvalue weighted by Crippen LogP contribution is 2.25. The molecule has 10 heteroatoms. The van der Waals surface area contributed by atoms with Crippen molar-refractivity contribution in [2.45, 2.75) is 39.0 Å². The molecule has 0 saturated heterocycles. The Morgan fingerprint density at radius 1 is 0.966 bits per heavy atom. The predicted octanol–water partition coefficient (Wildman–Crippen LogP) is 0.0280. The molecule has 0 saturated carbocycles. The Morgan fingerprint density at radius 2 is 1.45 bits per heavy atom. The quantitative estimate of drug-likeness (QED) is 0.211. The van der Waals surface area contributed by atoms with Crippen molar-refractivity contribution in [3.05, 3.63) is 12.2 Å². The summed E-state index contributed by atoms with van der Waals surface area (Å²) in [6, 6.07) is 0. The second-order valence-corrected chi connectivity index (χ2v) is 6.59. The number of imide groups is 1. The lowest BCUT2D eigenvalue weighted by Crippen LogP contribution is -2.55. The Hall–Kier alpha value is -1.85. The molecule has 0 aromatic rings. The van der Waals surface area contributed by atoms with Crippen LogP contribution in [0.3, 0.4) is 0 Å². The van der Waals surface area contributed by atoms with Gasteiger partial charge in [-0.1, -0.05) is 6.92 Å². The van der Waals surface area contributed by atoms with Crippen LogP contribution in [0.1, 0.15) is 27.2 Å². The van der Waals surface area contributed by atoms with Gasteiger partial charge >= 0.3 is 5.97 Å². The highest BCUT2D eigenvalue weighted by Gasteiger charge is 2.44. The monoisotopic (exact) mass is 417 g/mol. The Labute approximate surface area is 170 Å². The van der Waals surface area contributed by atoms with Crippen LogP contribution in [0.4, 0.5) is 0 Å². The van der Waals surface area contributed by atoms with Crippen molar-refractivity contribution < 1.29 is 43.2 Å². The highest BCUT2D eigenvalue weighted by molar-refractivity contribution is 6.13. The Bertz CT molecular complexity index is 544. The van der Waals surface area contributed by atoms with Crippen molar-refractivity contribution in [1.82, 2.24) is 4.90 Å². The first kappa shape index (κ1) is 25.2. The molecule has 0 bridgehead atoms. The molecule has 29 heavy (non-hydrogen) atoms. The van der Waals surface area contributed by atoms with Gasteiger partial charge in [-0.15, -0.1) is 0 Å². The van der Waals surface area contributed by atoms with Crippen LogP contribution in [0.25, 0.3) is 0 Å². The summed E-state index contributed by atoms with van der Waals surface area (Å²) in [5.74, 6) is -1.52. The lowest BCUT2D eigenvalue weighted by atomic mass is 10.1. The van der Waals surface area contributed by atoms with Crippen LogP contribution in [0.5, 0.6) is 0 Å². The standard InChI is InChI=1S/C19H31NO9/c1-4-17(24)29-19(2,3)18(20-15(22)5-6-16(20)23)28-14-13-27-12-11-26-10-9-25-8-7-21/h5-6,18,21H,4,7-14H2,1-3H3. The summed E-state index contributed by atoms with van der Waals surface area (Å²) in [5, 5.41) is 8.57. The van der Waals surface area contributed by atoms with Crippen LogP contribution >= 0.6 is 0 Å². The molecule has 0 aromatic heterocycles. The van der Waals surface area contributed by atoms with Gasteiger partial charge in [0.05, 0.1) is 52.9 Å². The number of hydrogen-bond donors (Lipinski definition) is 1. The van der Waals surface area contributed by atoms with Gasteiger partial charge in [0.2, 0.25) is 0 Å². The first-order valence-corrected chi connectivity index (χ1v) is 9.56. The van der Waals surface area contributed by atoms with E-state index in [0.717, 1.165) is 17.1 Å². The first-order chi connectivity index (χ1) is 13.8. The molecular formula is C19H31NO9. The molecule has 2 amide bonds. The zero-order chi connectivity index (χ0) is 21.7. The molecule has 0 aliphatic carbocycles. The smallest absolute Gasteiger partial charge is 0.306 e. The summed E-state index contributed by atoms with van der Waals surface area (Å²) >= 11 is 0. The number of nitrogens with zero attached hydrogens (tertiary/aromatic N) is 1. The van der Waals surface area contributed by atoms with Gasteiger partial charge < -0.3 is 28.8 Å². The SMILES string of the molecule is CCC(=O)OC(C)(C)C(OCCOCCOCCOCCO)N1C(=O)C=CC1=O. The number of rotatable bonds is 16. The Morgan fingerprint density at radius 3 is 1.93 bits per heavy atom. The minimum absolute atomic E-state index is 0.0246. The zero-order valence-corrected chi connectivity index (χ0v) is 17.3. The van der Waals surface area contributed by atoms with Gasteiger partial charge in [0.25, 0.3) is 11.8 Å². The summed E-state index contributed by atoms with van der Waals surface area (Å²) in [6.45, 7) is 6.81. The molecule has 1 rings (SSSR count). The van der Waals surface area contributed by atoms with Gasteiger partial charge in [-0.25, -0.2) is 4.90 Å². The van der Waals surface area contributed by atoms with Crippen LogP contribution in [0, 0.1) is 0 Å². The van der Waals surface area contributed by atoms with E-state index in [2.05, 4.69) is 0 Å². The number of aliphatic hydroxyl groups is 1. The third kappa shape index (κ3) is 9.01. The van der Waals surface area contributed by atoms with Crippen LogP contribution < -0.4 is 0 Å². The predicted molar refractivity (Wildman–Crippen MR) is 101 cm³/mol. The average Bonchev–Trinajstić information content (AvgIpc) is 3.00. The Kier molecular flexibility index (Phi) is 11.6. The lowest BCUT2D eigenvalue weighted by molar-refractivity contribution is -0.201. The fourth-order valence-electron chi connectivity index (χ4n) is 2.47. The number of carbonyl (C=O) groups is 3. The fourth-order valence-corrected chi connectivity index (χ4v) is 2.47. The highest BCUT2D eigenvalue weighted by atomic mass is 16.6. The molecule has 1 aliphatic heterocycles. The second-order valence-electron chi connectivity index (χ2n) is 6.59. The minimum atomic E-state index is -1.23. The number of esters is 1. The third-order valence-corrected chi connectivity index (χ3v) is 3.82.